The first-order valence-corrected chi connectivity index (χ1v) is 10.1. The van der Waals surface area contributed by atoms with Crippen LogP contribution in [0.3, 0.4) is 0 Å². The van der Waals surface area contributed by atoms with E-state index < -0.39 is 12.1 Å². The molecule has 0 spiro atoms. The van der Waals surface area contributed by atoms with E-state index in [1.807, 2.05) is 42.2 Å². The lowest BCUT2D eigenvalue weighted by Gasteiger charge is -2.37. The Bertz CT molecular complexity index is 950. The molecule has 0 unspecified atom stereocenters. The number of hydrogen-bond donors (Lipinski definition) is 2. The number of carbonyl (C=O) groups is 3. The highest BCUT2D eigenvalue weighted by Gasteiger charge is 2.37. The van der Waals surface area contributed by atoms with Crippen molar-refractivity contribution < 1.29 is 19.5 Å². The van der Waals surface area contributed by atoms with E-state index in [2.05, 4.69) is 10.3 Å². The Balaban J connectivity index is 1.38. The second-order valence-corrected chi connectivity index (χ2v) is 7.79. The molecule has 1 fully saturated rings. The molecule has 2 N–H and O–H groups in total. The number of piperidine rings is 1. The minimum atomic E-state index is -1.22. The van der Waals surface area contributed by atoms with Gasteiger partial charge < -0.3 is 20.2 Å². The Morgan fingerprint density at radius 3 is 2.57 bits per heavy atom. The van der Waals surface area contributed by atoms with Crippen molar-refractivity contribution in [2.24, 2.45) is 0 Å². The maximum Gasteiger partial charge on any atom is 0.405 e. The summed E-state index contributed by atoms with van der Waals surface area (Å²) in [6, 6.07) is 8.53. The van der Waals surface area contributed by atoms with Gasteiger partial charge in [0.05, 0.1) is 18.4 Å². The highest BCUT2D eigenvalue weighted by Crippen LogP contribution is 2.26. The lowest BCUT2D eigenvalue weighted by atomic mass is 10.0. The number of imidazole rings is 1. The van der Waals surface area contributed by atoms with Crippen LogP contribution >= 0.6 is 0 Å². The Morgan fingerprint density at radius 1 is 1.23 bits per heavy atom. The van der Waals surface area contributed by atoms with Gasteiger partial charge in [0.1, 0.15) is 11.9 Å². The van der Waals surface area contributed by atoms with Crippen LogP contribution in [0.2, 0.25) is 0 Å². The Hall–Kier alpha value is -3.36. The van der Waals surface area contributed by atoms with E-state index in [-0.39, 0.29) is 18.0 Å². The van der Waals surface area contributed by atoms with Crippen LogP contribution in [0.4, 0.5) is 9.59 Å². The average Bonchev–Trinajstić information content (AvgIpc) is 3.27. The second-order valence-electron chi connectivity index (χ2n) is 7.79. The fourth-order valence-corrected chi connectivity index (χ4v) is 4.34. The number of carboxylic acid groups (broad SMARTS) is 1. The lowest BCUT2D eigenvalue weighted by molar-refractivity contribution is -0.134. The summed E-state index contributed by atoms with van der Waals surface area (Å²) in [5.74, 6) is 0.465. The summed E-state index contributed by atoms with van der Waals surface area (Å²) < 4.78 is 1.64. The second kappa shape index (κ2) is 8.17. The molecule has 158 valence electrons. The maximum absolute atomic E-state index is 13.0. The van der Waals surface area contributed by atoms with E-state index in [0.717, 1.165) is 11.3 Å². The zero-order chi connectivity index (χ0) is 21.3. The number of fused-ring (bicyclic) bond motifs is 1. The zero-order valence-corrected chi connectivity index (χ0v) is 16.8. The van der Waals surface area contributed by atoms with Crippen molar-refractivity contribution in [1.29, 1.82) is 0 Å². The summed E-state index contributed by atoms with van der Waals surface area (Å²) in [6.45, 7) is 3.34. The molecule has 2 aromatic rings. The normalized spacial score (nSPS) is 17.7. The van der Waals surface area contributed by atoms with E-state index in [1.165, 1.54) is 0 Å². The number of rotatable bonds is 5. The van der Waals surface area contributed by atoms with Crippen molar-refractivity contribution in [2.75, 3.05) is 13.1 Å². The highest BCUT2D eigenvalue weighted by atomic mass is 16.4. The van der Waals surface area contributed by atoms with Crippen molar-refractivity contribution in [3.05, 3.63) is 53.6 Å². The molecular formula is C21H25N5O4. The molecule has 9 heteroatoms. The molecule has 0 saturated carbocycles. The first-order valence-electron chi connectivity index (χ1n) is 10.1. The molecule has 3 amide bonds. The van der Waals surface area contributed by atoms with Crippen LogP contribution in [0.5, 0.6) is 0 Å². The van der Waals surface area contributed by atoms with Crippen LogP contribution in [0.1, 0.15) is 29.9 Å². The minimum Gasteiger partial charge on any atom is -0.465 e. The number of aryl methyl sites for hydroxylation is 1. The molecule has 0 radical (unpaired) electrons. The number of benzene rings is 1. The molecular weight excluding hydrogens is 386 g/mol. The van der Waals surface area contributed by atoms with E-state index in [1.54, 1.807) is 15.7 Å². The molecule has 9 nitrogen and oxygen atoms in total. The number of likely N-dealkylation sites (tertiary alicyclic amines) is 1. The topological polar surface area (TPSA) is 108 Å². The first-order chi connectivity index (χ1) is 14.4. The molecule has 4 rings (SSSR count). The molecule has 1 aromatic carbocycles. The van der Waals surface area contributed by atoms with Crippen molar-refractivity contribution in [3.63, 3.8) is 0 Å². The fourth-order valence-electron chi connectivity index (χ4n) is 4.34. The van der Waals surface area contributed by atoms with Gasteiger partial charge in [0.15, 0.2) is 0 Å². The molecule has 2 aliphatic heterocycles. The number of carbonyl (C=O) groups excluding carboxylic acids is 2. The number of nitrogens with one attached hydrogen (secondary N) is 1. The van der Waals surface area contributed by atoms with Gasteiger partial charge in [-0.05, 0) is 25.3 Å². The van der Waals surface area contributed by atoms with Crippen molar-refractivity contribution in [1.82, 2.24) is 24.7 Å². The molecule has 30 heavy (non-hydrogen) atoms. The van der Waals surface area contributed by atoms with E-state index >= 15 is 0 Å². The summed E-state index contributed by atoms with van der Waals surface area (Å²) in [5.41, 5.74) is 1.79. The number of amides is 3. The summed E-state index contributed by atoms with van der Waals surface area (Å²) in [4.78, 5) is 44.7. The predicted molar refractivity (Wildman–Crippen MR) is 108 cm³/mol. The average molecular weight is 411 g/mol. The highest BCUT2D eigenvalue weighted by molar-refractivity contribution is 5.86. The molecule has 3 heterocycles. The molecule has 2 aliphatic rings. The summed E-state index contributed by atoms with van der Waals surface area (Å²) in [6.07, 6.45) is 2.16. The smallest absolute Gasteiger partial charge is 0.405 e. The van der Waals surface area contributed by atoms with Gasteiger partial charge in [-0.25, -0.2) is 14.6 Å². The molecule has 0 aliphatic carbocycles. The maximum atomic E-state index is 13.0. The monoisotopic (exact) mass is 411 g/mol. The Labute approximate surface area is 174 Å². The van der Waals surface area contributed by atoms with Crippen molar-refractivity contribution >= 4 is 18.0 Å². The number of aromatic nitrogens is 2. The third-order valence-corrected chi connectivity index (χ3v) is 5.88. The largest absolute Gasteiger partial charge is 0.465 e. The molecule has 1 aromatic heterocycles. The van der Waals surface area contributed by atoms with Gasteiger partial charge in [0, 0.05) is 25.6 Å². The fraction of sp³-hybridized carbons (Fsp3) is 0.429. The standard InChI is InChI=1S/C21H25N5O4/c1-14-22-12-17-13-25(21(30)26(14)17)16-7-9-24(10-8-16)19(27)18(23-20(28)29)11-15-5-3-2-4-6-15/h2-6,12,16,18,23H,7-11,13H2,1H3,(H,28,29)/t18-/m0/s1. The van der Waals surface area contributed by atoms with Crippen LogP contribution in [0, 0.1) is 6.92 Å². The van der Waals surface area contributed by atoms with Crippen molar-refractivity contribution in [2.45, 2.75) is 44.8 Å². The lowest BCUT2D eigenvalue weighted by Crippen LogP contribution is -2.53. The zero-order valence-electron chi connectivity index (χ0n) is 16.8. The van der Waals surface area contributed by atoms with Crippen LogP contribution in [-0.4, -0.2) is 67.7 Å². The van der Waals surface area contributed by atoms with Crippen LogP contribution in [0.25, 0.3) is 0 Å². The van der Waals surface area contributed by atoms with Gasteiger partial charge in [-0.1, -0.05) is 30.3 Å². The third kappa shape index (κ3) is 3.87. The Kier molecular flexibility index (Phi) is 5.43. The number of hydrogen-bond acceptors (Lipinski definition) is 4. The SMILES string of the molecule is Cc1ncc2n1C(=O)N(C1CCN(C(=O)[C@H](Cc3ccccc3)NC(=O)O)CC1)C2. The number of nitrogens with zero attached hydrogens (tertiary/aromatic N) is 4. The summed E-state index contributed by atoms with van der Waals surface area (Å²) in [5, 5.41) is 11.5. The van der Waals surface area contributed by atoms with Crippen LogP contribution < -0.4 is 5.32 Å². The molecule has 1 saturated heterocycles. The molecule has 1 atom stereocenters. The summed E-state index contributed by atoms with van der Waals surface area (Å²) in [7, 11) is 0. The molecule has 0 bridgehead atoms. The predicted octanol–water partition coefficient (Wildman–Crippen LogP) is 1.85. The van der Waals surface area contributed by atoms with E-state index in [9.17, 15) is 19.5 Å². The minimum absolute atomic E-state index is 0.0562. The Morgan fingerprint density at radius 2 is 1.93 bits per heavy atom. The van der Waals surface area contributed by atoms with Gasteiger partial charge in [0.25, 0.3) is 0 Å². The van der Waals surface area contributed by atoms with Gasteiger partial charge in [0.2, 0.25) is 5.91 Å². The van der Waals surface area contributed by atoms with Gasteiger partial charge in [-0.3, -0.25) is 9.36 Å². The first kappa shape index (κ1) is 19.9. The quantitative estimate of drug-likeness (QED) is 0.781. The van der Waals surface area contributed by atoms with Gasteiger partial charge >= 0.3 is 12.1 Å². The third-order valence-electron chi connectivity index (χ3n) is 5.88. The van der Waals surface area contributed by atoms with Crippen LogP contribution in [-0.2, 0) is 17.8 Å². The van der Waals surface area contributed by atoms with Gasteiger partial charge in [-0.2, -0.15) is 0 Å². The van der Waals surface area contributed by atoms with Gasteiger partial charge in [-0.15, -0.1) is 0 Å². The summed E-state index contributed by atoms with van der Waals surface area (Å²) >= 11 is 0. The van der Waals surface area contributed by atoms with E-state index in [4.69, 9.17) is 0 Å². The van der Waals surface area contributed by atoms with E-state index in [0.29, 0.717) is 44.7 Å². The van der Waals surface area contributed by atoms with Crippen LogP contribution in [0.15, 0.2) is 36.5 Å². The van der Waals surface area contributed by atoms with Crippen molar-refractivity contribution in [3.8, 4) is 0 Å².